The highest BCUT2D eigenvalue weighted by atomic mass is 19.4. The molecule has 0 aromatic heterocycles. The average Bonchev–Trinajstić information content (AvgIpc) is 3.80. The quantitative estimate of drug-likeness (QED) is 0.305. The van der Waals surface area contributed by atoms with Gasteiger partial charge in [0, 0.05) is 57.5 Å². The summed E-state index contributed by atoms with van der Waals surface area (Å²) in [6, 6.07) is 5.65. The number of rotatable bonds is 7. The van der Waals surface area contributed by atoms with Crippen LogP contribution in [0.3, 0.4) is 0 Å². The highest BCUT2D eigenvalue weighted by molar-refractivity contribution is 5.81. The van der Waals surface area contributed by atoms with Crippen molar-refractivity contribution in [2.24, 2.45) is 11.8 Å². The zero-order valence-electron chi connectivity index (χ0n) is 25.4. The normalized spacial score (nSPS) is 22.0. The van der Waals surface area contributed by atoms with Crippen molar-refractivity contribution < 1.29 is 40.3 Å². The largest absolute Gasteiger partial charge is 0.416 e. The van der Waals surface area contributed by atoms with E-state index in [1.54, 1.807) is 19.9 Å². The first kappa shape index (κ1) is 33.2. The number of alkyl halides is 6. The number of aryl methyl sites for hydroxylation is 1. The van der Waals surface area contributed by atoms with Gasteiger partial charge in [-0.1, -0.05) is 6.07 Å². The Morgan fingerprint density at radius 1 is 0.867 bits per heavy atom. The van der Waals surface area contributed by atoms with Crippen molar-refractivity contribution in [3.63, 3.8) is 0 Å². The molecule has 2 saturated heterocycles. The third-order valence-electron chi connectivity index (χ3n) is 9.49. The number of carbonyl (C=O) groups is 2. The number of piperidine rings is 2. The summed E-state index contributed by atoms with van der Waals surface area (Å²) in [5, 5.41) is 0. The number of nitrogens with zero attached hydrogens (tertiary/aromatic N) is 3. The second-order valence-electron chi connectivity index (χ2n) is 12.8. The van der Waals surface area contributed by atoms with Crippen LogP contribution in [-0.2, 0) is 28.5 Å². The van der Waals surface area contributed by atoms with Crippen molar-refractivity contribution in [2.45, 2.75) is 76.8 Å². The number of carbonyl (C=O) groups excluding carboxylic acids is 2. The maximum atomic E-state index is 14.3. The SMILES string of the molecule is CC(=O)N1CCC(CN2CC[C@@H](C(=O)N(Cc3cc(C(F)(F)F)cc(C(F)(F)F)c3)C3CC3)[C@H](c3ccc(F)cc3C)C2)CC1. The molecular formula is C33H38F7N3O2. The van der Waals surface area contributed by atoms with Gasteiger partial charge in [-0.05, 0) is 98.5 Å². The summed E-state index contributed by atoms with van der Waals surface area (Å²) >= 11 is 0. The van der Waals surface area contributed by atoms with Gasteiger partial charge in [-0.2, -0.15) is 26.3 Å². The molecule has 2 aromatic rings. The Balaban J connectivity index is 1.39. The Kier molecular flexibility index (Phi) is 9.54. The minimum absolute atomic E-state index is 0.0552. The molecule has 0 spiro atoms. The molecule has 1 aliphatic carbocycles. The molecular weight excluding hydrogens is 603 g/mol. The van der Waals surface area contributed by atoms with Gasteiger partial charge >= 0.3 is 12.4 Å². The first-order chi connectivity index (χ1) is 21.1. The number of hydrogen-bond donors (Lipinski definition) is 0. The minimum atomic E-state index is -4.98. The smallest absolute Gasteiger partial charge is 0.343 e. The van der Waals surface area contributed by atoms with E-state index in [9.17, 15) is 40.3 Å². The van der Waals surface area contributed by atoms with E-state index in [1.165, 1.54) is 17.0 Å². The second-order valence-corrected chi connectivity index (χ2v) is 12.8. The van der Waals surface area contributed by atoms with E-state index in [2.05, 4.69) is 4.90 Å². The Morgan fingerprint density at radius 2 is 1.49 bits per heavy atom. The van der Waals surface area contributed by atoms with Crippen molar-refractivity contribution in [1.82, 2.24) is 14.7 Å². The monoisotopic (exact) mass is 641 g/mol. The van der Waals surface area contributed by atoms with E-state index in [1.807, 2.05) is 4.90 Å². The lowest BCUT2D eigenvalue weighted by Gasteiger charge is -2.42. The molecule has 0 radical (unpaired) electrons. The standard InChI is InChI=1S/C33H38F7N3O2/c1-20-13-26(34)3-6-28(20)30-19-41(17-22-7-11-42(12-8-22)21(2)44)10-9-29(30)31(45)43(27-4-5-27)18-23-14-24(32(35,36)37)16-25(15-23)33(38,39)40/h3,6,13-16,22,27,29-30H,4-5,7-12,17-19H2,1-2H3/t29-,30+/m1/s1. The molecule has 0 bridgehead atoms. The molecule has 3 fully saturated rings. The Labute approximate surface area is 258 Å². The lowest BCUT2D eigenvalue weighted by atomic mass is 9.77. The Morgan fingerprint density at radius 3 is 2.02 bits per heavy atom. The van der Waals surface area contributed by atoms with E-state index in [0.717, 1.165) is 24.9 Å². The number of halogens is 7. The van der Waals surface area contributed by atoms with Crippen LogP contribution < -0.4 is 0 Å². The fraction of sp³-hybridized carbons (Fsp3) is 0.576. The van der Waals surface area contributed by atoms with Crippen molar-refractivity contribution >= 4 is 11.8 Å². The highest BCUT2D eigenvalue weighted by Gasteiger charge is 2.43. The summed E-state index contributed by atoms with van der Waals surface area (Å²) in [6.07, 6.45) is -6.54. The maximum Gasteiger partial charge on any atom is 0.416 e. The molecule has 2 aromatic carbocycles. The van der Waals surface area contributed by atoms with Crippen LogP contribution in [0.15, 0.2) is 36.4 Å². The van der Waals surface area contributed by atoms with E-state index in [-0.39, 0.29) is 41.9 Å². The third kappa shape index (κ3) is 7.99. The van der Waals surface area contributed by atoms with Crippen LogP contribution in [0, 0.1) is 24.6 Å². The summed E-state index contributed by atoms with van der Waals surface area (Å²) in [6.45, 7) is 6.24. The van der Waals surface area contributed by atoms with E-state index >= 15 is 0 Å². The fourth-order valence-electron chi connectivity index (χ4n) is 6.94. The number of benzene rings is 2. The van der Waals surface area contributed by atoms with Gasteiger partial charge in [-0.25, -0.2) is 4.39 Å². The molecule has 1 saturated carbocycles. The van der Waals surface area contributed by atoms with Crippen LogP contribution in [-0.4, -0.2) is 65.3 Å². The lowest BCUT2D eigenvalue weighted by molar-refractivity contribution is -0.143. The van der Waals surface area contributed by atoms with Crippen LogP contribution in [0.4, 0.5) is 30.7 Å². The summed E-state index contributed by atoms with van der Waals surface area (Å²) < 4.78 is 95.5. The van der Waals surface area contributed by atoms with E-state index < -0.39 is 35.2 Å². The van der Waals surface area contributed by atoms with Crippen LogP contribution in [0.2, 0.25) is 0 Å². The highest BCUT2D eigenvalue weighted by Crippen LogP contribution is 2.41. The van der Waals surface area contributed by atoms with Gasteiger partial charge in [-0.15, -0.1) is 0 Å². The number of likely N-dealkylation sites (tertiary alicyclic amines) is 2. The first-order valence-electron chi connectivity index (χ1n) is 15.4. The van der Waals surface area contributed by atoms with E-state index in [4.69, 9.17) is 0 Å². The molecule has 2 heterocycles. The zero-order valence-corrected chi connectivity index (χ0v) is 25.4. The molecule has 2 atom stereocenters. The predicted octanol–water partition coefficient (Wildman–Crippen LogP) is 7.03. The lowest BCUT2D eigenvalue weighted by Crippen LogP contribution is -2.49. The summed E-state index contributed by atoms with van der Waals surface area (Å²) in [7, 11) is 0. The molecule has 5 nitrogen and oxygen atoms in total. The van der Waals surface area contributed by atoms with Crippen LogP contribution in [0.25, 0.3) is 0 Å². The average molecular weight is 642 g/mol. The fourth-order valence-corrected chi connectivity index (χ4v) is 6.94. The van der Waals surface area contributed by atoms with Gasteiger partial charge in [-0.3, -0.25) is 9.59 Å². The summed E-state index contributed by atoms with van der Waals surface area (Å²) in [5.41, 5.74) is -1.54. The Hall–Kier alpha value is -3.15. The molecule has 0 N–H and O–H groups in total. The van der Waals surface area contributed by atoms with Crippen molar-refractivity contribution in [2.75, 3.05) is 32.7 Å². The van der Waals surface area contributed by atoms with Crippen molar-refractivity contribution in [3.05, 3.63) is 70.0 Å². The summed E-state index contributed by atoms with van der Waals surface area (Å²) in [4.78, 5) is 31.6. The summed E-state index contributed by atoms with van der Waals surface area (Å²) in [5.74, 6) is -1.19. The molecule has 3 aliphatic rings. The van der Waals surface area contributed by atoms with Crippen LogP contribution >= 0.6 is 0 Å². The Bertz CT molecular complexity index is 1370. The number of hydrogen-bond acceptors (Lipinski definition) is 3. The van der Waals surface area contributed by atoms with Gasteiger partial charge in [0.05, 0.1) is 11.1 Å². The van der Waals surface area contributed by atoms with E-state index in [0.29, 0.717) is 69.1 Å². The van der Waals surface area contributed by atoms with Crippen molar-refractivity contribution in [3.8, 4) is 0 Å². The third-order valence-corrected chi connectivity index (χ3v) is 9.49. The van der Waals surface area contributed by atoms with Gasteiger partial charge < -0.3 is 14.7 Å². The van der Waals surface area contributed by atoms with Gasteiger partial charge in [0.1, 0.15) is 5.82 Å². The first-order valence-corrected chi connectivity index (χ1v) is 15.4. The van der Waals surface area contributed by atoms with Gasteiger partial charge in [0.25, 0.3) is 0 Å². The predicted molar refractivity (Wildman–Crippen MR) is 153 cm³/mol. The minimum Gasteiger partial charge on any atom is -0.343 e. The molecule has 246 valence electrons. The van der Waals surface area contributed by atoms with Gasteiger partial charge in [0.15, 0.2) is 0 Å². The van der Waals surface area contributed by atoms with Crippen LogP contribution in [0.5, 0.6) is 0 Å². The van der Waals surface area contributed by atoms with Crippen LogP contribution in [0.1, 0.15) is 72.8 Å². The molecule has 2 aliphatic heterocycles. The topological polar surface area (TPSA) is 43.9 Å². The zero-order chi connectivity index (χ0) is 32.7. The molecule has 45 heavy (non-hydrogen) atoms. The molecule has 12 heteroatoms. The molecule has 2 amide bonds. The molecule has 5 rings (SSSR count). The molecule has 0 unspecified atom stereocenters. The maximum absolute atomic E-state index is 14.3. The second kappa shape index (κ2) is 12.9. The number of amides is 2. The van der Waals surface area contributed by atoms with Gasteiger partial charge in [0.2, 0.25) is 11.8 Å². The van der Waals surface area contributed by atoms with Crippen molar-refractivity contribution in [1.29, 1.82) is 0 Å².